The predicted octanol–water partition coefficient (Wildman–Crippen LogP) is 3.57. The first-order valence-electron chi connectivity index (χ1n) is 5.70. The van der Waals surface area contributed by atoms with Crippen molar-refractivity contribution >= 4 is 11.3 Å². The van der Waals surface area contributed by atoms with E-state index >= 15 is 0 Å². The van der Waals surface area contributed by atoms with Crippen LogP contribution in [0.15, 0.2) is 28.7 Å². The zero-order chi connectivity index (χ0) is 11.0. The molecule has 3 rings (SSSR count). The lowest BCUT2D eigenvalue weighted by Crippen LogP contribution is -2.14. The van der Waals surface area contributed by atoms with Crippen LogP contribution in [0.4, 0.5) is 0 Å². The molecule has 16 heavy (non-hydrogen) atoms. The standard InChI is InChI=1S/C13H15NOS/c1-9-2-7-13(16-9)12-6-5-11(15-12)8-14-10-3-4-10/h2,5-7,10,14H,3-4,8H2,1H3. The summed E-state index contributed by atoms with van der Waals surface area (Å²) in [5, 5.41) is 3.45. The molecule has 0 aliphatic heterocycles. The van der Waals surface area contributed by atoms with Crippen molar-refractivity contribution in [1.29, 1.82) is 0 Å². The molecule has 0 atom stereocenters. The fourth-order valence-corrected chi connectivity index (χ4v) is 2.53. The predicted molar refractivity (Wildman–Crippen MR) is 66.6 cm³/mol. The van der Waals surface area contributed by atoms with Crippen LogP contribution in [-0.4, -0.2) is 6.04 Å². The lowest BCUT2D eigenvalue weighted by molar-refractivity contribution is 0.493. The summed E-state index contributed by atoms with van der Waals surface area (Å²) in [5.74, 6) is 2.03. The van der Waals surface area contributed by atoms with Gasteiger partial charge in [0.2, 0.25) is 0 Å². The summed E-state index contributed by atoms with van der Waals surface area (Å²) in [6.07, 6.45) is 2.63. The third kappa shape index (κ3) is 2.20. The average Bonchev–Trinajstić information content (AvgIpc) is 2.81. The third-order valence-corrected chi connectivity index (χ3v) is 3.80. The number of rotatable bonds is 4. The molecule has 1 fully saturated rings. The van der Waals surface area contributed by atoms with Gasteiger partial charge in [-0.2, -0.15) is 0 Å². The average molecular weight is 233 g/mol. The molecule has 0 unspecified atom stereocenters. The second-order valence-electron chi connectivity index (χ2n) is 4.33. The maximum absolute atomic E-state index is 5.81. The number of hydrogen-bond donors (Lipinski definition) is 1. The second kappa shape index (κ2) is 4.07. The van der Waals surface area contributed by atoms with Gasteiger partial charge < -0.3 is 9.73 Å². The van der Waals surface area contributed by atoms with Crippen LogP contribution in [0.3, 0.4) is 0 Å². The molecule has 0 aromatic carbocycles. The number of furan rings is 1. The van der Waals surface area contributed by atoms with Gasteiger partial charge in [0.25, 0.3) is 0 Å². The highest BCUT2D eigenvalue weighted by molar-refractivity contribution is 7.15. The van der Waals surface area contributed by atoms with Crippen molar-refractivity contribution in [1.82, 2.24) is 5.32 Å². The van der Waals surface area contributed by atoms with Gasteiger partial charge in [-0.3, -0.25) is 0 Å². The summed E-state index contributed by atoms with van der Waals surface area (Å²) < 4.78 is 5.81. The first-order chi connectivity index (χ1) is 7.81. The Labute approximate surface area is 99.3 Å². The van der Waals surface area contributed by atoms with Gasteiger partial charge in [-0.15, -0.1) is 11.3 Å². The van der Waals surface area contributed by atoms with Gasteiger partial charge in [-0.05, 0) is 44.0 Å². The molecular weight excluding hydrogens is 218 g/mol. The Morgan fingerprint density at radius 3 is 2.88 bits per heavy atom. The Balaban J connectivity index is 1.71. The summed E-state index contributed by atoms with van der Waals surface area (Å²) in [7, 11) is 0. The first kappa shape index (κ1) is 10.1. The van der Waals surface area contributed by atoms with Crippen LogP contribution < -0.4 is 5.32 Å². The van der Waals surface area contributed by atoms with Gasteiger partial charge in [-0.1, -0.05) is 0 Å². The molecule has 0 radical (unpaired) electrons. The Hall–Kier alpha value is -1.06. The van der Waals surface area contributed by atoms with Crippen molar-refractivity contribution < 1.29 is 4.42 Å². The summed E-state index contributed by atoms with van der Waals surface area (Å²) in [5.41, 5.74) is 0. The molecule has 0 spiro atoms. The van der Waals surface area contributed by atoms with E-state index in [1.807, 2.05) is 0 Å². The maximum Gasteiger partial charge on any atom is 0.144 e. The van der Waals surface area contributed by atoms with E-state index in [2.05, 4.69) is 36.5 Å². The highest BCUT2D eigenvalue weighted by Gasteiger charge is 2.20. The minimum Gasteiger partial charge on any atom is -0.459 e. The van der Waals surface area contributed by atoms with Gasteiger partial charge in [0, 0.05) is 10.9 Å². The third-order valence-electron chi connectivity index (χ3n) is 2.79. The van der Waals surface area contributed by atoms with Crippen molar-refractivity contribution in [3.8, 4) is 10.6 Å². The molecule has 0 amide bonds. The zero-order valence-corrected chi connectivity index (χ0v) is 10.1. The van der Waals surface area contributed by atoms with E-state index < -0.39 is 0 Å². The van der Waals surface area contributed by atoms with Crippen LogP contribution in [0.2, 0.25) is 0 Å². The van der Waals surface area contributed by atoms with Crippen LogP contribution in [0.25, 0.3) is 10.6 Å². The van der Waals surface area contributed by atoms with E-state index in [1.165, 1.54) is 22.6 Å². The van der Waals surface area contributed by atoms with E-state index in [9.17, 15) is 0 Å². The molecule has 0 saturated heterocycles. The van der Waals surface area contributed by atoms with Crippen molar-refractivity contribution in [2.24, 2.45) is 0 Å². The van der Waals surface area contributed by atoms with E-state index in [1.54, 1.807) is 11.3 Å². The van der Waals surface area contributed by atoms with Crippen molar-refractivity contribution in [2.75, 3.05) is 0 Å². The van der Waals surface area contributed by atoms with Crippen molar-refractivity contribution in [3.63, 3.8) is 0 Å². The Morgan fingerprint density at radius 1 is 1.31 bits per heavy atom. The van der Waals surface area contributed by atoms with Crippen LogP contribution in [-0.2, 0) is 6.54 Å². The molecule has 3 heteroatoms. The van der Waals surface area contributed by atoms with Crippen LogP contribution >= 0.6 is 11.3 Å². The fraction of sp³-hybridized carbons (Fsp3) is 0.385. The SMILES string of the molecule is Cc1ccc(-c2ccc(CNC3CC3)o2)s1. The molecule has 84 valence electrons. The van der Waals surface area contributed by atoms with Crippen LogP contribution in [0, 0.1) is 6.92 Å². The molecule has 1 aliphatic rings. The number of nitrogens with one attached hydrogen (secondary N) is 1. The van der Waals surface area contributed by atoms with Gasteiger partial charge >= 0.3 is 0 Å². The quantitative estimate of drug-likeness (QED) is 0.873. The molecule has 0 bridgehead atoms. The first-order valence-corrected chi connectivity index (χ1v) is 6.52. The van der Waals surface area contributed by atoms with Crippen LogP contribution in [0.5, 0.6) is 0 Å². The fourth-order valence-electron chi connectivity index (χ4n) is 1.70. The smallest absolute Gasteiger partial charge is 0.144 e. The van der Waals surface area contributed by atoms with E-state index in [0.29, 0.717) is 0 Å². The molecule has 1 N–H and O–H groups in total. The lowest BCUT2D eigenvalue weighted by atomic mass is 10.3. The van der Waals surface area contributed by atoms with E-state index in [0.717, 1.165) is 24.1 Å². The lowest BCUT2D eigenvalue weighted by Gasteiger charge is -1.98. The van der Waals surface area contributed by atoms with Gasteiger partial charge in [0.15, 0.2) is 0 Å². The molecule has 1 saturated carbocycles. The van der Waals surface area contributed by atoms with E-state index in [4.69, 9.17) is 4.42 Å². The Bertz CT molecular complexity index is 482. The molecule has 2 nitrogen and oxygen atoms in total. The molecule has 1 aliphatic carbocycles. The minimum atomic E-state index is 0.734. The van der Waals surface area contributed by atoms with Gasteiger partial charge in [0.05, 0.1) is 11.4 Å². The normalized spacial score (nSPS) is 15.6. The largest absolute Gasteiger partial charge is 0.459 e. The number of aryl methyl sites for hydroxylation is 1. The molecule has 2 aromatic rings. The Morgan fingerprint density at radius 2 is 2.19 bits per heavy atom. The summed E-state index contributed by atoms with van der Waals surface area (Å²) in [6, 6.07) is 9.12. The van der Waals surface area contributed by atoms with Gasteiger partial charge in [0.1, 0.15) is 11.5 Å². The minimum absolute atomic E-state index is 0.734. The number of hydrogen-bond acceptors (Lipinski definition) is 3. The highest BCUT2D eigenvalue weighted by atomic mass is 32.1. The second-order valence-corrected chi connectivity index (χ2v) is 5.62. The highest BCUT2D eigenvalue weighted by Crippen LogP contribution is 2.29. The van der Waals surface area contributed by atoms with E-state index in [-0.39, 0.29) is 0 Å². The topological polar surface area (TPSA) is 25.2 Å². The molecule has 2 aromatic heterocycles. The summed E-state index contributed by atoms with van der Waals surface area (Å²) >= 11 is 1.78. The molecule has 2 heterocycles. The summed E-state index contributed by atoms with van der Waals surface area (Å²) in [6.45, 7) is 2.97. The van der Waals surface area contributed by atoms with Crippen molar-refractivity contribution in [2.45, 2.75) is 32.4 Å². The van der Waals surface area contributed by atoms with Crippen molar-refractivity contribution in [3.05, 3.63) is 34.9 Å². The van der Waals surface area contributed by atoms with Gasteiger partial charge in [-0.25, -0.2) is 0 Å². The molecular formula is C13H15NOS. The monoisotopic (exact) mass is 233 g/mol. The van der Waals surface area contributed by atoms with Crippen LogP contribution in [0.1, 0.15) is 23.5 Å². The zero-order valence-electron chi connectivity index (χ0n) is 9.32. The maximum atomic E-state index is 5.81. The summed E-state index contributed by atoms with van der Waals surface area (Å²) in [4.78, 5) is 2.54. The Kier molecular flexibility index (Phi) is 2.58. The number of thiophene rings is 1.